The monoisotopic (exact) mass is 258 g/mol. The Morgan fingerprint density at radius 1 is 1.58 bits per heavy atom. The molecule has 0 fully saturated rings. The van der Waals surface area contributed by atoms with Crippen molar-refractivity contribution in [1.29, 1.82) is 0 Å². The Labute approximate surface area is 110 Å². The molecule has 6 nitrogen and oxygen atoms in total. The molecule has 98 valence electrons. The molecule has 0 radical (unpaired) electrons. The summed E-state index contributed by atoms with van der Waals surface area (Å²) in [6, 6.07) is 2.97. The highest BCUT2D eigenvalue weighted by Gasteiger charge is 2.16. The molecular weight excluding hydrogens is 244 g/mol. The van der Waals surface area contributed by atoms with Gasteiger partial charge in [0.15, 0.2) is 5.82 Å². The van der Waals surface area contributed by atoms with Gasteiger partial charge < -0.3 is 0 Å². The largest absolute Gasteiger partial charge is 0.287 e. The maximum Gasteiger partial charge on any atom is 0.287 e. The van der Waals surface area contributed by atoms with E-state index in [1.54, 1.807) is 11.1 Å². The lowest BCUT2D eigenvalue weighted by Gasteiger charge is -2.23. The summed E-state index contributed by atoms with van der Waals surface area (Å²) in [5.74, 6) is 0.941. The molecule has 19 heavy (non-hydrogen) atoms. The molecular formula is C13H14N4O2. The summed E-state index contributed by atoms with van der Waals surface area (Å²) in [7, 11) is 0. The number of nitro groups is 1. The van der Waals surface area contributed by atoms with E-state index in [2.05, 4.69) is 29.8 Å². The van der Waals surface area contributed by atoms with Crippen molar-refractivity contribution in [3.63, 3.8) is 0 Å². The Kier molecular flexibility index (Phi) is 3.70. The maximum absolute atomic E-state index is 10.6. The van der Waals surface area contributed by atoms with Crippen molar-refractivity contribution in [3.05, 3.63) is 52.4 Å². The van der Waals surface area contributed by atoms with E-state index < -0.39 is 4.92 Å². The molecule has 1 aromatic rings. The van der Waals surface area contributed by atoms with Crippen LogP contribution in [0.5, 0.6) is 0 Å². The van der Waals surface area contributed by atoms with Crippen LogP contribution in [0.1, 0.15) is 13.3 Å². The number of pyridine rings is 1. The Morgan fingerprint density at radius 3 is 2.89 bits per heavy atom. The molecule has 2 rings (SSSR count). The summed E-state index contributed by atoms with van der Waals surface area (Å²) in [5.41, 5.74) is 0.921. The normalized spacial score (nSPS) is 17.7. The molecule has 1 aliphatic rings. The molecule has 1 aromatic heterocycles. The molecule has 1 aliphatic carbocycles. The fraction of sp³-hybridized carbons (Fsp3) is 0.231. The van der Waals surface area contributed by atoms with Crippen molar-refractivity contribution in [2.45, 2.75) is 13.3 Å². The Bertz CT molecular complexity index is 548. The smallest absolute Gasteiger partial charge is 0.258 e. The van der Waals surface area contributed by atoms with Crippen LogP contribution in [0.15, 0.2) is 47.4 Å². The van der Waals surface area contributed by atoms with Crippen LogP contribution in [-0.4, -0.2) is 16.6 Å². The van der Waals surface area contributed by atoms with Crippen LogP contribution in [0.3, 0.4) is 0 Å². The first-order valence-electron chi connectivity index (χ1n) is 5.86. The molecule has 0 saturated carbocycles. The van der Waals surface area contributed by atoms with Gasteiger partial charge in [-0.3, -0.25) is 10.1 Å². The van der Waals surface area contributed by atoms with Crippen LogP contribution in [-0.2, 0) is 0 Å². The third-order valence-electron chi connectivity index (χ3n) is 2.83. The summed E-state index contributed by atoms with van der Waals surface area (Å²) in [4.78, 5) is 14.2. The Morgan fingerprint density at radius 2 is 2.37 bits per heavy atom. The second-order valence-corrected chi connectivity index (χ2v) is 4.31. The lowest BCUT2D eigenvalue weighted by molar-refractivity contribution is -0.385. The van der Waals surface area contributed by atoms with Gasteiger partial charge in [0, 0.05) is 18.5 Å². The highest BCUT2D eigenvalue weighted by molar-refractivity contribution is 5.51. The van der Waals surface area contributed by atoms with Gasteiger partial charge in [-0.2, -0.15) is 5.10 Å². The van der Waals surface area contributed by atoms with E-state index in [1.807, 2.05) is 12.2 Å². The molecule has 0 N–H and O–H groups in total. The van der Waals surface area contributed by atoms with Crippen molar-refractivity contribution >= 4 is 18.2 Å². The first-order valence-corrected chi connectivity index (χ1v) is 5.86. The van der Waals surface area contributed by atoms with Crippen molar-refractivity contribution < 1.29 is 4.92 Å². The summed E-state index contributed by atoms with van der Waals surface area (Å²) in [5, 5.41) is 16.1. The zero-order valence-corrected chi connectivity index (χ0v) is 10.6. The zero-order chi connectivity index (χ0) is 13.8. The first-order chi connectivity index (χ1) is 9.11. The van der Waals surface area contributed by atoms with Crippen LogP contribution in [0.4, 0.5) is 11.5 Å². The van der Waals surface area contributed by atoms with Gasteiger partial charge in [0.2, 0.25) is 0 Å². The van der Waals surface area contributed by atoms with Gasteiger partial charge in [0.1, 0.15) is 6.20 Å². The third-order valence-corrected chi connectivity index (χ3v) is 2.83. The molecule has 1 heterocycles. The molecule has 0 saturated heterocycles. The van der Waals surface area contributed by atoms with Gasteiger partial charge in [-0.05, 0) is 24.5 Å². The van der Waals surface area contributed by atoms with Gasteiger partial charge in [0.25, 0.3) is 5.69 Å². The van der Waals surface area contributed by atoms with E-state index in [1.165, 1.54) is 12.3 Å². The molecule has 1 atom stereocenters. The van der Waals surface area contributed by atoms with Gasteiger partial charge in [-0.25, -0.2) is 9.99 Å². The number of hydrazone groups is 1. The van der Waals surface area contributed by atoms with Gasteiger partial charge in [-0.1, -0.05) is 19.1 Å². The number of aromatic nitrogens is 1. The Hall–Kier alpha value is -2.50. The summed E-state index contributed by atoms with van der Waals surface area (Å²) < 4.78 is 0. The Balaban J connectivity index is 2.27. The lowest BCUT2D eigenvalue weighted by atomic mass is 10.0. The molecule has 0 spiro atoms. The van der Waals surface area contributed by atoms with Gasteiger partial charge >= 0.3 is 0 Å². The van der Waals surface area contributed by atoms with E-state index in [0.29, 0.717) is 11.7 Å². The highest BCUT2D eigenvalue weighted by Crippen LogP contribution is 2.26. The highest BCUT2D eigenvalue weighted by atomic mass is 16.6. The molecule has 0 amide bonds. The minimum atomic E-state index is -0.479. The van der Waals surface area contributed by atoms with E-state index in [4.69, 9.17) is 0 Å². The second kappa shape index (κ2) is 5.43. The molecule has 6 heteroatoms. The average Bonchev–Trinajstić information content (AvgIpc) is 2.40. The number of hydrogen-bond acceptors (Lipinski definition) is 5. The quantitative estimate of drug-likeness (QED) is 0.473. The zero-order valence-electron chi connectivity index (χ0n) is 10.6. The minimum Gasteiger partial charge on any atom is -0.258 e. The van der Waals surface area contributed by atoms with Crippen molar-refractivity contribution in [2.75, 3.05) is 5.01 Å². The number of allylic oxidation sites excluding steroid dienone is 4. The van der Waals surface area contributed by atoms with Gasteiger partial charge in [-0.15, -0.1) is 0 Å². The van der Waals surface area contributed by atoms with E-state index in [-0.39, 0.29) is 5.69 Å². The van der Waals surface area contributed by atoms with Crippen molar-refractivity contribution in [1.82, 2.24) is 4.98 Å². The van der Waals surface area contributed by atoms with Crippen LogP contribution >= 0.6 is 0 Å². The fourth-order valence-electron chi connectivity index (χ4n) is 1.90. The molecule has 0 aromatic carbocycles. The van der Waals surface area contributed by atoms with E-state index in [9.17, 15) is 10.1 Å². The van der Waals surface area contributed by atoms with Crippen LogP contribution in [0.2, 0.25) is 0 Å². The van der Waals surface area contributed by atoms with Crippen LogP contribution < -0.4 is 5.01 Å². The first kappa shape index (κ1) is 12.9. The SMILES string of the molecule is C=NN(C1=CC=CC(C)C1)c1ccc([N+](=O)[O-])cn1. The van der Waals surface area contributed by atoms with Crippen molar-refractivity contribution in [2.24, 2.45) is 11.0 Å². The molecule has 0 bridgehead atoms. The minimum absolute atomic E-state index is 0.0429. The van der Waals surface area contributed by atoms with Gasteiger partial charge in [0.05, 0.1) is 4.92 Å². The van der Waals surface area contributed by atoms with E-state index >= 15 is 0 Å². The number of hydrogen-bond donors (Lipinski definition) is 0. The second-order valence-electron chi connectivity index (χ2n) is 4.31. The van der Waals surface area contributed by atoms with E-state index in [0.717, 1.165) is 12.1 Å². The molecule has 1 unspecified atom stereocenters. The lowest BCUT2D eigenvalue weighted by Crippen LogP contribution is -2.19. The summed E-state index contributed by atoms with van der Waals surface area (Å²) in [6.45, 7) is 5.64. The summed E-state index contributed by atoms with van der Waals surface area (Å²) in [6.07, 6.45) is 8.06. The fourth-order valence-corrected chi connectivity index (χ4v) is 1.90. The molecule has 0 aliphatic heterocycles. The van der Waals surface area contributed by atoms with Crippen molar-refractivity contribution in [3.8, 4) is 0 Å². The van der Waals surface area contributed by atoms with Crippen LogP contribution in [0.25, 0.3) is 0 Å². The average molecular weight is 258 g/mol. The third kappa shape index (κ3) is 2.85. The number of anilines is 1. The number of rotatable bonds is 4. The number of nitrogens with zero attached hydrogens (tertiary/aromatic N) is 4. The topological polar surface area (TPSA) is 71.6 Å². The van der Waals surface area contributed by atoms with Crippen LogP contribution in [0, 0.1) is 16.0 Å². The standard InChI is InChI=1S/C13H14N4O2/c1-10-4-3-5-11(8-10)16(14-2)13-7-6-12(9-15-13)17(18)19/h3-7,9-10H,2,8H2,1H3. The predicted molar refractivity (Wildman–Crippen MR) is 73.9 cm³/mol. The predicted octanol–water partition coefficient (Wildman–Crippen LogP) is 2.89. The maximum atomic E-state index is 10.6. The summed E-state index contributed by atoms with van der Waals surface area (Å²) >= 11 is 0.